The maximum absolute atomic E-state index is 11.8. The summed E-state index contributed by atoms with van der Waals surface area (Å²) in [5, 5.41) is 5.30. The van der Waals surface area contributed by atoms with Gasteiger partial charge in [-0.3, -0.25) is 9.69 Å². The predicted octanol–water partition coefficient (Wildman–Crippen LogP) is 0.924. The highest BCUT2D eigenvalue weighted by Gasteiger charge is 2.11. The number of rotatable bonds is 9. The SMILES string of the molecule is CCOCC(=O)CNC(=O)NCc1cccc(CN2CCOCC2)c1. The summed E-state index contributed by atoms with van der Waals surface area (Å²) in [7, 11) is 0. The van der Waals surface area contributed by atoms with Crippen molar-refractivity contribution in [1.82, 2.24) is 15.5 Å². The van der Waals surface area contributed by atoms with Crippen LogP contribution in [0.25, 0.3) is 0 Å². The number of hydrogen-bond donors (Lipinski definition) is 2. The van der Waals surface area contributed by atoms with Crippen LogP contribution >= 0.6 is 0 Å². The van der Waals surface area contributed by atoms with E-state index in [4.69, 9.17) is 9.47 Å². The fourth-order valence-corrected chi connectivity index (χ4v) is 2.55. The van der Waals surface area contributed by atoms with Gasteiger partial charge >= 0.3 is 6.03 Å². The lowest BCUT2D eigenvalue weighted by atomic mass is 10.1. The number of hydrogen-bond acceptors (Lipinski definition) is 5. The molecule has 1 saturated heterocycles. The largest absolute Gasteiger partial charge is 0.379 e. The highest BCUT2D eigenvalue weighted by atomic mass is 16.5. The number of urea groups is 1. The first-order valence-electron chi connectivity index (χ1n) is 8.66. The number of morpholine rings is 1. The van der Waals surface area contributed by atoms with Crippen molar-refractivity contribution in [3.05, 3.63) is 35.4 Å². The minimum atomic E-state index is -0.358. The zero-order chi connectivity index (χ0) is 17.9. The summed E-state index contributed by atoms with van der Waals surface area (Å²) >= 11 is 0. The minimum Gasteiger partial charge on any atom is -0.379 e. The van der Waals surface area contributed by atoms with Gasteiger partial charge in [-0.05, 0) is 18.1 Å². The molecule has 0 atom stereocenters. The van der Waals surface area contributed by atoms with Gasteiger partial charge in [0.15, 0.2) is 5.78 Å². The fraction of sp³-hybridized carbons (Fsp3) is 0.556. The van der Waals surface area contributed by atoms with Crippen molar-refractivity contribution in [2.75, 3.05) is 46.1 Å². The van der Waals surface area contributed by atoms with Gasteiger partial charge in [0.25, 0.3) is 0 Å². The molecule has 1 aliphatic heterocycles. The molecule has 1 aromatic carbocycles. The van der Waals surface area contributed by atoms with Crippen LogP contribution in [0.15, 0.2) is 24.3 Å². The molecule has 0 unspecified atom stereocenters. The van der Waals surface area contributed by atoms with Crippen LogP contribution in [-0.2, 0) is 27.4 Å². The second-order valence-electron chi connectivity index (χ2n) is 5.92. The minimum absolute atomic E-state index is 0.0249. The van der Waals surface area contributed by atoms with Crippen LogP contribution in [0.5, 0.6) is 0 Å². The van der Waals surface area contributed by atoms with Gasteiger partial charge in [0.1, 0.15) is 6.61 Å². The van der Waals surface area contributed by atoms with Crippen LogP contribution in [0.4, 0.5) is 4.79 Å². The highest BCUT2D eigenvalue weighted by Crippen LogP contribution is 2.10. The lowest BCUT2D eigenvalue weighted by molar-refractivity contribution is -0.122. The highest BCUT2D eigenvalue weighted by molar-refractivity contribution is 5.86. The van der Waals surface area contributed by atoms with Gasteiger partial charge in [0.2, 0.25) is 0 Å². The van der Waals surface area contributed by atoms with E-state index in [1.54, 1.807) is 0 Å². The van der Waals surface area contributed by atoms with Gasteiger partial charge in [-0.25, -0.2) is 4.79 Å². The summed E-state index contributed by atoms with van der Waals surface area (Å²) in [4.78, 5) is 25.5. The van der Waals surface area contributed by atoms with Crippen molar-refractivity contribution in [3.63, 3.8) is 0 Å². The normalized spacial score (nSPS) is 14.9. The van der Waals surface area contributed by atoms with Gasteiger partial charge in [0.05, 0.1) is 19.8 Å². The van der Waals surface area contributed by atoms with E-state index in [0.717, 1.165) is 38.4 Å². The molecule has 0 spiro atoms. The number of ether oxygens (including phenoxy) is 2. The van der Waals surface area contributed by atoms with E-state index in [1.165, 1.54) is 5.56 Å². The maximum atomic E-state index is 11.8. The van der Waals surface area contributed by atoms with Gasteiger partial charge in [-0.2, -0.15) is 0 Å². The second kappa shape index (κ2) is 10.8. The molecule has 7 heteroatoms. The lowest BCUT2D eigenvalue weighted by Crippen LogP contribution is -2.39. The van der Waals surface area contributed by atoms with Crippen molar-refractivity contribution >= 4 is 11.8 Å². The third-order valence-electron chi connectivity index (χ3n) is 3.87. The Morgan fingerprint density at radius 3 is 2.72 bits per heavy atom. The first-order chi connectivity index (χ1) is 12.2. The molecule has 7 nitrogen and oxygen atoms in total. The number of nitrogens with zero attached hydrogens (tertiary/aromatic N) is 1. The molecule has 0 bridgehead atoms. The summed E-state index contributed by atoms with van der Waals surface area (Å²) in [5.41, 5.74) is 2.25. The average Bonchev–Trinajstić information content (AvgIpc) is 2.64. The van der Waals surface area contributed by atoms with E-state index >= 15 is 0 Å². The molecule has 0 aromatic heterocycles. The van der Waals surface area contributed by atoms with E-state index < -0.39 is 0 Å². The zero-order valence-electron chi connectivity index (χ0n) is 14.8. The number of amides is 2. The van der Waals surface area contributed by atoms with Gasteiger partial charge in [0, 0.05) is 32.8 Å². The molecule has 0 aliphatic carbocycles. The monoisotopic (exact) mass is 349 g/mol. The standard InChI is InChI=1S/C18H27N3O4/c1-2-24-14-17(22)12-20-18(23)19-11-15-4-3-5-16(10-15)13-21-6-8-25-9-7-21/h3-5,10H,2,6-9,11-14H2,1H3,(H2,19,20,23). The van der Waals surface area contributed by atoms with Crippen molar-refractivity contribution < 1.29 is 19.1 Å². The Bertz CT molecular complexity index is 559. The van der Waals surface area contributed by atoms with Crippen molar-refractivity contribution in [1.29, 1.82) is 0 Å². The van der Waals surface area contributed by atoms with Crippen LogP contribution < -0.4 is 10.6 Å². The molecule has 2 rings (SSSR count). The molecule has 1 fully saturated rings. The molecule has 138 valence electrons. The summed E-state index contributed by atoms with van der Waals surface area (Å²) in [5.74, 6) is -0.149. The van der Waals surface area contributed by atoms with E-state index in [-0.39, 0.29) is 25.0 Å². The van der Waals surface area contributed by atoms with Crippen molar-refractivity contribution in [2.24, 2.45) is 0 Å². The molecule has 0 radical (unpaired) electrons. The quantitative estimate of drug-likeness (QED) is 0.693. The number of nitrogens with one attached hydrogen (secondary N) is 2. The van der Waals surface area contributed by atoms with Crippen LogP contribution in [-0.4, -0.2) is 62.8 Å². The first-order valence-corrected chi connectivity index (χ1v) is 8.66. The topological polar surface area (TPSA) is 79.9 Å². The Balaban J connectivity index is 1.71. The number of carbonyl (C=O) groups excluding carboxylic acids is 2. The first kappa shape index (κ1) is 19.4. The lowest BCUT2D eigenvalue weighted by Gasteiger charge is -2.26. The van der Waals surface area contributed by atoms with Gasteiger partial charge in [-0.15, -0.1) is 0 Å². The number of Topliss-reactive ketones (excluding diaryl/α,β-unsaturated/α-hetero) is 1. The Morgan fingerprint density at radius 1 is 1.20 bits per heavy atom. The fourth-order valence-electron chi connectivity index (χ4n) is 2.55. The Morgan fingerprint density at radius 2 is 1.96 bits per heavy atom. The predicted molar refractivity (Wildman–Crippen MR) is 94.3 cm³/mol. The molecular weight excluding hydrogens is 322 g/mol. The summed E-state index contributed by atoms with van der Waals surface area (Å²) in [6, 6.07) is 7.80. The Labute approximate surface area is 148 Å². The number of carbonyl (C=O) groups is 2. The van der Waals surface area contributed by atoms with E-state index in [1.807, 2.05) is 19.1 Å². The number of ketones is 1. The smallest absolute Gasteiger partial charge is 0.315 e. The molecular formula is C18H27N3O4. The van der Waals surface area contributed by atoms with Crippen molar-refractivity contribution in [3.8, 4) is 0 Å². The number of benzene rings is 1. The molecule has 25 heavy (non-hydrogen) atoms. The summed E-state index contributed by atoms with van der Waals surface area (Å²) in [6.07, 6.45) is 0. The molecule has 2 amide bonds. The molecule has 2 N–H and O–H groups in total. The summed E-state index contributed by atoms with van der Waals surface area (Å²) < 4.78 is 10.4. The second-order valence-corrected chi connectivity index (χ2v) is 5.92. The Kier molecular flexibility index (Phi) is 8.38. The molecule has 1 heterocycles. The maximum Gasteiger partial charge on any atom is 0.315 e. The van der Waals surface area contributed by atoms with Crippen molar-refractivity contribution in [2.45, 2.75) is 20.0 Å². The van der Waals surface area contributed by atoms with Gasteiger partial charge < -0.3 is 20.1 Å². The molecule has 1 aliphatic rings. The third kappa shape index (κ3) is 7.64. The van der Waals surface area contributed by atoms with Crippen LogP contribution in [0, 0.1) is 0 Å². The average molecular weight is 349 g/mol. The Hall–Kier alpha value is -1.96. The zero-order valence-corrected chi connectivity index (χ0v) is 14.8. The van der Waals surface area contributed by atoms with Crippen LogP contribution in [0.2, 0.25) is 0 Å². The van der Waals surface area contributed by atoms with Gasteiger partial charge in [-0.1, -0.05) is 24.3 Å². The molecule has 0 saturated carbocycles. The molecule has 1 aromatic rings. The van der Waals surface area contributed by atoms with E-state index in [2.05, 4.69) is 27.7 Å². The van der Waals surface area contributed by atoms with Crippen LogP contribution in [0.3, 0.4) is 0 Å². The van der Waals surface area contributed by atoms with E-state index in [9.17, 15) is 9.59 Å². The van der Waals surface area contributed by atoms with E-state index in [0.29, 0.717) is 13.2 Å². The summed E-state index contributed by atoms with van der Waals surface area (Å²) in [6.45, 7) is 7.06. The third-order valence-corrected chi connectivity index (χ3v) is 3.87. The van der Waals surface area contributed by atoms with Crippen LogP contribution in [0.1, 0.15) is 18.1 Å².